The Labute approximate surface area is 148 Å². The number of anilines is 1. The number of nitrogens with one attached hydrogen (secondary N) is 1. The Balaban J connectivity index is 1.68. The number of carbonyl (C=O) groups excluding carboxylic acids is 1. The number of benzene rings is 2. The van der Waals surface area contributed by atoms with E-state index in [1.54, 1.807) is 6.92 Å². The summed E-state index contributed by atoms with van der Waals surface area (Å²) in [5.74, 6) is 0.195. The topological polar surface area (TPSA) is 68.0 Å². The van der Waals surface area contributed by atoms with E-state index in [1.165, 1.54) is 11.3 Å². The maximum Gasteiger partial charge on any atom is 0.263 e. The van der Waals surface area contributed by atoms with E-state index >= 15 is 0 Å². The Morgan fingerprint density at radius 2 is 1.92 bits per heavy atom. The largest absolute Gasteiger partial charge is 0.355 e. The molecule has 1 N–H and O–H groups in total. The molecule has 0 saturated heterocycles. The van der Waals surface area contributed by atoms with Crippen molar-refractivity contribution in [2.45, 2.75) is 13.8 Å². The van der Waals surface area contributed by atoms with Gasteiger partial charge in [-0.3, -0.25) is 10.1 Å². The van der Waals surface area contributed by atoms with Crippen LogP contribution < -0.4 is 5.32 Å². The molecule has 0 aliphatic rings. The van der Waals surface area contributed by atoms with Crippen molar-refractivity contribution in [2.75, 3.05) is 5.32 Å². The van der Waals surface area contributed by atoms with E-state index in [1.807, 2.05) is 49.4 Å². The highest BCUT2D eigenvalue weighted by molar-refractivity contribution is 7.22. The molecular formula is C19H15N3O2S. The van der Waals surface area contributed by atoms with E-state index in [9.17, 15) is 4.79 Å². The second kappa shape index (κ2) is 6.14. The number of amides is 1. The van der Waals surface area contributed by atoms with Crippen molar-refractivity contribution in [3.63, 3.8) is 0 Å². The normalized spacial score (nSPS) is 11.0. The van der Waals surface area contributed by atoms with Crippen LogP contribution in [0.3, 0.4) is 0 Å². The van der Waals surface area contributed by atoms with Crippen LogP contribution in [-0.4, -0.2) is 16.0 Å². The SMILES string of the molecule is Cc1ccc2nc(NC(=O)c3c(C)noc3-c3ccccc3)sc2c1. The lowest BCUT2D eigenvalue weighted by molar-refractivity contribution is 0.102. The number of carbonyl (C=O) groups is 1. The lowest BCUT2D eigenvalue weighted by Crippen LogP contribution is -2.13. The summed E-state index contributed by atoms with van der Waals surface area (Å²) >= 11 is 1.45. The summed E-state index contributed by atoms with van der Waals surface area (Å²) in [5, 5.41) is 7.39. The molecule has 4 aromatic rings. The van der Waals surface area contributed by atoms with Crippen LogP contribution in [0.2, 0.25) is 0 Å². The summed E-state index contributed by atoms with van der Waals surface area (Å²) < 4.78 is 6.43. The van der Waals surface area contributed by atoms with Gasteiger partial charge in [0.2, 0.25) is 0 Å². The Kier molecular flexibility index (Phi) is 3.82. The Morgan fingerprint density at radius 1 is 1.12 bits per heavy atom. The van der Waals surface area contributed by atoms with Crippen molar-refractivity contribution < 1.29 is 9.32 Å². The second-order valence-electron chi connectivity index (χ2n) is 5.78. The first-order chi connectivity index (χ1) is 12.1. The van der Waals surface area contributed by atoms with Gasteiger partial charge in [0.1, 0.15) is 5.56 Å². The second-order valence-corrected chi connectivity index (χ2v) is 6.81. The maximum absolute atomic E-state index is 12.8. The molecule has 0 aliphatic carbocycles. The summed E-state index contributed by atoms with van der Waals surface area (Å²) in [6.07, 6.45) is 0. The summed E-state index contributed by atoms with van der Waals surface area (Å²) in [5.41, 5.74) is 3.83. The molecule has 0 aliphatic heterocycles. The number of fused-ring (bicyclic) bond motifs is 1. The van der Waals surface area contributed by atoms with Gasteiger partial charge in [-0.15, -0.1) is 0 Å². The van der Waals surface area contributed by atoms with E-state index in [-0.39, 0.29) is 5.91 Å². The van der Waals surface area contributed by atoms with Crippen molar-refractivity contribution in [1.82, 2.24) is 10.1 Å². The molecule has 0 spiro atoms. The number of thiazole rings is 1. The van der Waals surface area contributed by atoms with Gasteiger partial charge in [0.15, 0.2) is 10.9 Å². The Morgan fingerprint density at radius 3 is 2.72 bits per heavy atom. The fourth-order valence-electron chi connectivity index (χ4n) is 2.67. The number of aromatic nitrogens is 2. The first-order valence-electron chi connectivity index (χ1n) is 7.82. The molecule has 0 fully saturated rings. The van der Waals surface area contributed by atoms with Crippen LogP contribution in [0.1, 0.15) is 21.6 Å². The minimum Gasteiger partial charge on any atom is -0.355 e. The zero-order valence-electron chi connectivity index (χ0n) is 13.7. The van der Waals surface area contributed by atoms with Gasteiger partial charge in [-0.1, -0.05) is 52.9 Å². The lowest BCUT2D eigenvalue weighted by Gasteiger charge is -2.02. The van der Waals surface area contributed by atoms with Gasteiger partial charge in [0, 0.05) is 5.56 Å². The third-order valence-electron chi connectivity index (χ3n) is 3.89. The van der Waals surface area contributed by atoms with Crippen LogP contribution >= 0.6 is 11.3 Å². The zero-order valence-corrected chi connectivity index (χ0v) is 14.6. The average molecular weight is 349 g/mol. The van der Waals surface area contributed by atoms with Crippen LogP contribution in [0.4, 0.5) is 5.13 Å². The molecule has 2 heterocycles. The van der Waals surface area contributed by atoms with Crippen molar-refractivity contribution in [3.8, 4) is 11.3 Å². The van der Waals surface area contributed by atoms with Crippen LogP contribution in [0.25, 0.3) is 21.5 Å². The van der Waals surface area contributed by atoms with Gasteiger partial charge >= 0.3 is 0 Å². The lowest BCUT2D eigenvalue weighted by atomic mass is 10.1. The molecule has 5 nitrogen and oxygen atoms in total. The minimum absolute atomic E-state index is 0.270. The van der Waals surface area contributed by atoms with E-state index in [2.05, 4.69) is 21.5 Å². The first-order valence-corrected chi connectivity index (χ1v) is 8.64. The summed E-state index contributed by atoms with van der Waals surface area (Å²) in [4.78, 5) is 17.3. The molecule has 25 heavy (non-hydrogen) atoms. The molecule has 0 unspecified atom stereocenters. The van der Waals surface area contributed by atoms with Gasteiger partial charge in [0.25, 0.3) is 5.91 Å². The highest BCUT2D eigenvalue weighted by Gasteiger charge is 2.22. The van der Waals surface area contributed by atoms with Gasteiger partial charge in [-0.25, -0.2) is 4.98 Å². The molecular weight excluding hydrogens is 334 g/mol. The Hall–Kier alpha value is -2.99. The fourth-order valence-corrected chi connectivity index (χ4v) is 3.63. The van der Waals surface area contributed by atoms with Gasteiger partial charge in [-0.2, -0.15) is 0 Å². The van der Waals surface area contributed by atoms with E-state index in [4.69, 9.17) is 4.52 Å². The predicted octanol–water partition coefficient (Wildman–Crippen LogP) is 4.82. The molecule has 0 atom stereocenters. The van der Waals surface area contributed by atoms with Gasteiger partial charge in [-0.05, 0) is 31.5 Å². The van der Waals surface area contributed by atoms with Crippen molar-refractivity contribution in [2.24, 2.45) is 0 Å². The van der Waals surface area contributed by atoms with E-state index < -0.39 is 0 Å². The first kappa shape index (κ1) is 15.5. The molecule has 0 radical (unpaired) electrons. The van der Waals surface area contributed by atoms with Gasteiger partial charge in [0.05, 0.1) is 15.9 Å². The van der Waals surface area contributed by atoms with Crippen LogP contribution in [0, 0.1) is 13.8 Å². The smallest absolute Gasteiger partial charge is 0.263 e. The third-order valence-corrected chi connectivity index (χ3v) is 4.82. The fraction of sp³-hybridized carbons (Fsp3) is 0.105. The minimum atomic E-state index is -0.270. The predicted molar refractivity (Wildman–Crippen MR) is 99.0 cm³/mol. The summed E-state index contributed by atoms with van der Waals surface area (Å²) in [6.45, 7) is 3.79. The van der Waals surface area contributed by atoms with Crippen LogP contribution in [0.5, 0.6) is 0 Å². The van der Waals surface area contributed by atoms with E-state index in [0.717, 1.165) is 21.3 Å². The number of rotatable bonds is 3. The van der Waals surface area contributed by atoms with Crippen molar-refractivity contribution >= 4 is 32.6 Å². The van der Waals surface area contributed by atoms with Crippen molar-refractivity contribution in [3.05, 3.63) is 65.4 Å². The number of aryl methyl sites for hydroxylation is 2. The van der Waals surface area contributed by atoms with Crippen molar-refractivity contribution in [1.29, 1.82) is 0 Å². The quantitative estimate of drug-likeness (QED) is 0.576. The molecule has 4 rings (SSSR count). The number of nitrogens with zero attached hydrogens (tertiary/aromatic N) is 2. The molecule has 2 aromatic heterocycles. The van der Waals surface area contributed by atoms with E-state index in [0.29, 0.717) is 22.1 Å². The van der Waals surface area contributed by atoms with Gasteiger partial charge < -0.3 is 4.52 Å². The third kappa shape index (κ3) is 2.92. The standard InChI is InChI=1S/C19H15N3O2S/c1-11-8-9-14-15(10-11)25-19(20-14)21-18(23)16-12(2)22-24-17(16)13-6-4-3-5-7-13/h3-10H,1-2H3,(H,20,21,23). The summed E-state index contributed by atoms with van der Waals surface area (Å²) in [7, 11) is 0. The highest BCUT2D eigenvalue weighted by Crippen LogP contribution is 2.30. The molecule has 6 heteroatoms. The monoisotopic (exact) mass is 349 g/mol. The van der Waals surface area contributed by atoms with Crippen LogP contribution in [0.15, 0.2) is 53.1 Å². The summed E-state index contributed by atoms with van der Waals surface area (Å²) in [6, 6.07) is 15.5. The van der Waals surface area contributed by atoms with Crippen LogP contribution in [-0.2, 0) is 0 Å². The maximum atomic E-state index is 12.8. The molecule has 0 saturated carbocycles. The Bertz CT molecular complexity index is 1070. The molecule has 1 amide bonds. The molecule has 0 bridgehead atoms. The zero-order chi connectivity index (χ0) is 17.4. The number of hydrogen-bond donors (Lipinski definition) is 1. The number of hydrogen-bond acceptors (Lipinski definition) is 5. The highest BCUT2D eigenvalue weighted by atomic mass is 32.1. The average Bonchev–Trinajstić information content (AvgIpc) is 3.18. The molecule has 124 valence electrons. The molecule has 2 aromatic carbocycles.